The van der Waals surface area contributed by atoms with E-state index in [0.29, 0.717) is 24.3 Å². The number of carboxylic acid groups (broad SMARTS) is 1. The van der Waals surface area contributed by atoms with E-state index in [-0.39, 0.29) is 0 Å². The van der Waals surface area contributed by atoms with E-state index < -0.39 is 62.5 Å². The second-order valence-corrected chi connectivity index (χ2v) is 8.19. The van der Waals surface area contributed by atoms with Crippen molar-refractivity contribution in [2.75, 3.05) is 0 Å². The van der Waals surface area contributed by atoms with Crippen molar-refractivity contribution < 1.29 is 41.3 Å². The highest BCUT2D eigenvalue weighted by Crippen LogP contribution is 2.33. The summed E-state index contributed by atoms with van der Waals surface area (Å²) in [6.07, 6.45) is 0. The Kier molecular flexibility index (Phi) is 4.72. The molecule has 0 aliphatic rings. The molecule has 0 saturated carbocycles. The lowest BCUT2D eigenvalue weighted by Crippen LogP contribution is -2.09. The predicted octanol–water partition coefficient (Wildman–Crippen LogP) is 1.08. The number of aromatic carboxylic acids is 1. The number of nitro groups is 1. The van der Waals surface area contributed by atoms with Crippen LogP contribution in [-0.4, -0.2) is 42.5 Å². The summed E-state index contributed by atoms with van der Waals surface area (Å²) in [7, 11) is -9.46. The number of carbonyl (C=O) groups is 1. The zero-order chi connectivity index (χ0) is 19.9. The topological polar surface area (TPSA) is 189 Å². The molecule has 2 aromatic rings. The number of sulfone groups is 1. The molecule has 26 heavy (non-hydrogen) atoms. The van der Waals surface area contributed by atoms with Gasteiger partial charge in [-0.2, -0.15) is 8.42 Å². The van der Waals surface area contributed by atoms with Crippen molar-refractivity contribution in [3.8, 4) is 5.75 Å². The average molecular weight is 403 g/mol. The van der Waals surface area contributed by atoms with E-state index in [9.17, 15) is 36.9 Å². The summed E-state index contributed by atoms with van der Waals surface area (Å²) in [4.78, 5) is 18.5. The molecule has 0 aliphatic carbocycles. The Balaban J connectivity index is 2.76. The van der Waals surface area contributed by atoms with Crippen LogP contribution in [0, 0.1) is 10.1 Å². The van der Waals surface area contributed by atoms with E-state index >= 15 is 0 Å². The second-order valence-electron chi connectivity index (χ2n) is 4.85. The summed E-state index contributed by atoms with van der Waals surface area (Å²) in [5.41, 5.74) is -1.88. The molecule has 3 N–H and O–H groups in total. The molecular formula is C13H9NO10S2. The zero-order valence-corrected chi connectivity index (χ0v) is 14.1. The van der Waals surface area contributed by atoms with Gasteiger partial charge in [-0.1, -0.05) is 0 Å². The van der Waals surface area contributed by atoms with Gasteiger partial charge in [0, 0.05) is 6.07 Å². The quantitative estimate of drug-likeness (QED) is 0.370. The largest absolute Gasteiger partial charge is 0.507 e. The monoisotopic (exact) mass is 403 g/mol. The smallest absolute Gasteiger partial charge is 0.339 e. The van der Waals surface area contributed by atoms with Crippen molar-refractivity contribution in [2.24, 2.45) is 0 Å². The Labute approximate surface area is 146 Å². The van der Waals surface area contributed by atoms with Gasteiger partial charge in [0.05, 0.1) is 9.82 Å². The molecular weight excluding hydrogens is 394 g/mol. The van der Waals surface area contributed by atoms with Crippen LogP contribution in [0.25, 0.3) is 0 Å². The van der Waals surface area contributed by atoms with E-state index in [1.54, 1.807) is 0 Å². The first-order valence-electron chi connectivity index (χ1n) is 6.43. The average Bonchev–Trinajstić information content (AvgIpc) is 2.53. The van der Waals surface area contributed by atoms with Gasteiger partial charge in [0.15, 0.2) is 0 Å². The molecule has 138 valence electrons. The summed E-state index contributed by atoms with van der Waals surface area (Å²) in [5, 5.41) is 29.5. The second kappa shape index (κ2) is 6.36. The number of hydrogen-bond acceptors (Lipinski definition) is 8. The number of rotatable bonds is 5. The molecule has 0 aliphatic heterocycles. The van der Waals surface area contributed by atoms with Crippen molar-refractivity contribution in [3.05, 3.63) is 52.1 Å². The van der Waals surface area contributed by atoms with E-state index in [1.807, 2.05) is 0 Å². The number of nitrogens with zero attached hydrogens (tertiary/aromatic N) is 1. The van der Waals surface area contributed by atoms with Crippen LogP contribution in [0.3, 0.4) is 0 Å². The maximum atomic E-state index is 12.6. The highest BCUT2D eigenvalue weighted by Gasteiger charge is 2.30. The fourth-order valence-electron chi connectivity index (χ4n) is 2.01. The van der Waals surface area contributed by atoms with E-state index in [4.69, 9.17) is 9.66 Å². The van der Waals surface area contributed by atoms with E-state index in [2.05, 4.69) is 0 Å². The molecule has 0 fully saturated rings. The maximum Gasteiger partial charge on any atom is 0.339 e. The number of benzene rings is 2. The molecule has 11 nitrogen and oxygen atoms in total. The molecule has 0 spiro atoms. The van der Waals surface area contributed by atoms with Gasteiger partial charge in [0.2, 0.25) is 9.84 Å². The normalized spacial score (nSPS) is 11.9. The van der Waals surface area contributed by atoms with Crippen LogP contribution < -0.4 is 0 Å². The van der Waals surface area contributed by atoms with Gasteiger partial charge in [-0.3, -0.25) is 14.7 Å². The third-order valence-corrected chi connectivity index (χ3v) is 5.87. The number of aromatic hydroxyl groups is 1. The zero-order valence-electron chi connectivity index (χ0n) is 12.4. The van der Waals surface area contributed by atoms with Crippen molar-refractivity contribution in [1.82, 2.24) is 0 Å². The summed E-state index contributed by atoms with van der Waals surface area (Å²) >= 11 is 0. The highest BCUT2D eigenvalue weighted by atomic mass is 32.2. The third-order valence-electron chi connectivity index (χ3n) is 3.22. The van der Waals surface area contributed by atoms with Gasteiger partial charge >= 0.3 is 5.97 Å². The fraction of sp³-hybridized carbons (Fsp3) is 0. The predicted molar refractivity (Wildman–Crippen MR) is 83.4 cm³/mol. The Morgan fingerprint density at radius 2 is 1.58 bits per heavy atom. The molecule has 2 rings (SSSR count). The Morgan fingerprint density at radius 3 is 2.08 bits per heavy atom. The van der Waals surface area contributed by atoms with Gasteiger partial charge in [0.25, 0.3) is 15.8 Å². The number of hydrogen-bond donors (Lipinski definition) is 3. The standard InChI is InChI=1S/C13H9NO10S2/c15-11-3-1-7(5-9(11)13(16)17)25(20,21)12-4-2-8(26(22,23)24)6-10(12)14(18)19/h1-6,15H,(H,16,17)(H,22,23,24). The number of phenols is 1. The van der Waals surface area contributed by atoms with Crippen LogP contribution in [-0.2, 0) is 20.0 Å². The molecule has 0 aromatic heterocycles. The van der Waals surface area contributed by atoms with Crippen molar-refractivity contribution in [3.63, 3.8) is 0 Å². The lowest BCUT2D eigenvalue weighted by molar-refractivity contribution is -0.388. The molecule has 0 atom stereocenters. The van der Waals surface area contributed by atoms with E-state index in [1.165, 1.54) is 0 Å². The molecule has 0 radical (unpaired) electrons. The van der Waals surface area contributed by atoms with E-state index in [0.717, 1.165) is 12.1 Å². The Bertz CT molecular complexity index is 1140. The Hall–Kier alpha value is -3.03. The number of carboxylic acids is 1. The lowest BCUT2D eigenvalue weighted by atomic mass is 10.2. The van der Waals surface area contributed by atoms with Crippen LogP contribution in [0.1, 0.15) is 10.4 Å². The van der Waals surface area contributed by atoms with Gasteiger partial charge in [0.1, 0.15) is 21.1 Å². The first kappa shape index (κ1) is 19.3. The van der Waals surface area contributed by atoms with Gasteiger partial charge in [-0.05, 0) is 30.3 Å². The third kappa shape index (κ3) is 3.49. The minimum Gasteiger partial charge on any atom is -0.507 e. The lowest BCUT2D eigenvalue weighted by Gasteiger charge is -2.08. The molecule has 2 aromatic carbocycles. The number of nitro benzene ring substituents is 1. The first-order valence-corrected chi connectivity index (χ1v) is 9.35. The van der Waals surface area contributed by atoms with Crippen molar-refractivity contribution in [2.45, 2.75) is 14.7 Å². The van der Waals surface area contributed by atoms with Crippen LogP contribution in [0.4, 0.5) is 5.69 Å². The van der Waals surface area contributed by atoms with Crippen LogP contribution in [0.5, 0.6) is 5.75 Å². The summed E-state index contributed by atoms with van der Waals surface area (Å²) in [5.74, 6) is -2.34. The fourth-order valence-corrected chi connectivity index (χ4v) is 3.94. The molecule has 13 heteroatoms. The van der Waals surface area contributed by atoms with Gasteiger partial charge < -0.3 is 10.2 Å². The van der Waals surface area contributed by atoms with Crippen LogP contribution in [0.2, 0.25) is 0 Å². The van der Waals surface area contributed by atoms with Crippen molar-refractivity contribution >= 4 is 31.6 Å². The van der Waals surface area contributed by atoms with Crippen molar-refractivity contribution in [1.29, 1.82) is 0 Å². The van der Waals surface area contributed by atoms with Gasteiger partial charge in [-0.15, -0.1) is 0 Å². The molecule has 0 heterocycles. The van der Waals surface area contributed by atoms with Crippen LogP contribution >= 0.6 is 0 Å². The minimum absolute atomic E-state index is 0.362. The highest BCUT2D eigenvalue weighted by molar-refractivity contribution is 7.91. The first-order chi connectivity index (χ1) is 11.9. The summed E-state index contributed by atoms with van der Waals surface area (Å²) in [6, 6.07) is 3.83. The molecule has 0 bridgehead atoms. The SMILES string of the molecule is O=C(O)c1cc(S(=O)(=O)c2ccc(S(=O)(=O)O)cc2[N+](=O)[O-])ccc1O. The molecule has 0 amide bonds. The maximum absolute atomic E-state index is 12.6. The summed E-state index contributed by atoms with van der Waals surface area (Å²) in [6.45, 7) is 0. The summed E-state index contributed by atoms with van der Waals surface area (Å²) < 4.78 is 56.3. The minimum atomic E-state index is -4.82. The van der Waals surface area contributed by atoms with Gasteiger partial charge in [-0.25, -0.2) is 13.2 Å². The molecule has 0 saturated heterocycles. The Morgan fingerprint density at radius 1 is 1.00 bits per heavy atom. The molecule has 0 unspecified atom stereocenters. The van der Waals surface area contributed by atoms with Crippen LogP contribution in [0.15, 0.2) is 51.1 Å².